The molecule has 1 amide bonds. The number of nitrogens with one attached hydrogen (secondary N) is 1. The van der Waals surface area contributed by atoms with Crippen molar-refractivity contribution in [3.05, 3.63) is 17.8 Å². The Morgan fingerprint density at radius 3 is 3.15 bits per heavy atom. The Labute approximate surface area is 76.3 Å². The summed E-state index contributed by atoms with van der Waals surface area (Å²) in [6.07, 6.45) is 4.20. The maximum Gasteiger partial charge on any atom is 0.273 e. The van der Waals surface area contributed by atoms with Crippen molar-refractivity contribution in [3.8, 4) is 0 Å². The second-order valence-electron chi connectivity index (χ2n) is 3.23. The van der Waals surface area contributed by atoms with Crippen LogP contribution in [0.2, 0.25) is 0 Å². The molecule has 1 heterocycles. The van der Waals surface area contributed by atoms with Crippen LogP contribution in [0.3, 0.4) is 0 Å². The lowest BCUT2D eigenvalue weighted by atomic mass is 10.2. The molecule has 1 N–H and O–H groups in total. The van der Waals surface area contributed by atoms with Gasteiger partial charge in [0.05, 0.1) is 0 Å². The second kappa shape index (κ2) is 3.20. The molecule has 4 heteroatoms. The highest BCUT2D eigenvalue weighted by Crippen LogP contribution is 2.19. The fraction of sp³-hybridized carbons (Fsp3) is 0.556. The average molecular weight is 180 g/mol. The normalized spacial score (nSPS) is 15.8. The van der Waals surface area contributed by atoms with Crippen LogP contribution in [0.1, 0.15) is 36.0 Å². The number of hydrogen-bond acceptors (Lipinski definition) is 3. The lowest BCUT2D eigenvalue weighted by Crippen LogP contribution is -2.26. The predicted molar refractivity (Wildman–Crippen MR) is 46.4 cm³/mol. The Balaban J connectivity index is 2.08. The summed E-state index contributed by atoms with van der Waals surface area (Å²) in [5, 5.41) is 2.87. The van der Waals surface area contributed by atoms with Crippen LogP contribution in [0.15, 0.2) is 10.8 Å². The average Bonchev–Trinajstić information content (AvgIpc) is 2.82. The van der Waals surface area contributed by atoms with Gasteiger partial charge in [-0.25, -0.2) is 4.98 Å². The van der Waals surface area contributed by atoms with E-state index in [1.165, 1.54) is 6.39 Å². The number of carbonyl (C=O) groups excluding carboxylic acids is 1. The zero-order valence-electron chi connectivity index (χ0n) is 7.54. The van der Waals surface area contributed by atoms with Crippen LogP contribution in [-0.2, 0) is 6.42 Å². The Hall–Kier alpha value is -1.32. The lowest BCUT2D eigenvalue weighted by molar-refractivity contribution is 0.0945. The van der Waals surface area contributed by atoms with Crippen molar-refractivity contribution in [2.24, 2.45) is 0 Å². The third-order valence-electron chi connectivity index (χ3n) is 2.09. The van der Waals surface area contributed by atoms with E-state index in [4.69, 9.17) is 4.42 Å². The van der Waals surface area contributed by atoms with E-state index in [0.717, 1.165) is 12.8 Å². The summed E-state index contributed by atoms with van der Waals surface area (Å²) >= 11 is 0. The van der Waals surface area contributed by atoms with Crippen LogP contribution in [0.25, 0.3) is 0 Å². The Morgan fingerprint density at radius 2 is 2.54 bits per heavy atom. The molecule has 0 radical (unpaired) electrons. The first-order chi connectivity index (χ1) is 6.31. The summed E-state index contributed by atoms with van der Waals surface area (Å²) in [5.74, 6) is 0.561. The van der Waals surface area contributed by atoms with Gasteiger partial charge in [0.25, 0.3) is 5.91 Å². The molecule has 1 saturated carbocycles. The van der Waals surface area contributed by atoms with E-state index in [1.807, 2.05) is 6.92 Å². The molecule has 2 rings (SSSR count). The van der Waals surface area contributed by atoms with E-state index in [-0.39, 0.29) is 5.91 Å². The van der Waals surface area contributed by atoms with Crippen LogP contribution in [0.4, 0.5) is 0 Å². The van der Waals surface area contributed by atoms with Crippen LogP contribution < -0.4 is 5.32 Å². The molecule has 1 aliphatic rings. The maximum absolute atomic E-state index is 11.5. The highest BCUT2D eigenvalue weighted by Gasteiger charge is 2.26. The highest BCUT2D eigenvalue weighted by atomic mass is 16.3. The smallest absolute Gasteiger partial charge is 0.273 e. The minimum atomic E-state index is -0.104. The van der Waals surface area contributed by atoms with Gasteiger partial charge >= 0.3 is 0 Å². The Morgan fingerprint density at radius 1 is 1.77 bits per heavy atom. The van der Waals surface area contributed by atoms with Gasteiger partial charge in [-0.2, -0.15) is 0 Å². The van der Waals surface area contributed by atoms with Crippen molar-refractivity contribution in [2.75, 3.05) is 0 Å². The zero-order valence-corrected chi connectivity index (χ0v) is 7.54. The first-order valence-corrected chi connectivity index (χ1v) is 4.54. The lowest BCUT2D eigenvalue weighted by Gasteiger charge is -1.99. The Bertz CT molecular complexity index is 315. The van der Waals surface area contributed by atoms with Crippen LogP contribution in [-0.4, -0.2) is 16.9 Å². The number of rotatable bonds is 3. The molecule has 0 bridgehead atoms. The number of oxazole rings is 1. The van der Waals surface area contributed by atoms with Crippen LogP contribution in [0.5, 0.6) is 0 Å². The van der Waals surface area contributed by atoms with Crippen molar-refractivity contribution in [1.82, 2.24) is 10.3 Å². The summed E-state index contributed by atoms with van der Waals surface area (Å²) in [7, 11) is 0. The molecule has 1 aromatic rings. The fourth-order valence-electron chi connectivity index (χ4n) is 1.19. The largest absolute Gasteiger partial charge is 0.448 e. The molecule has 0 saturated heterocycles. The molecule has 13 heavy (non-hydrogen) atoms. The molecule has 0 unspecified atom stereocenters. The number of aromatic nitrogens is 1. The van der Waals surface area contributed by atoms with Gasteiger partial charge in [0.2, 0.25) is 0 Å². The molecule has 0 atom stereocenters. The summed E-state index contributed by atoms with van der Waals surface area (Å²) in [6.45, 7) is 1.94. The third-order valence-corrected chi connectivity index (χ3v) is 2.09. The first kappa shape index (κ1) is 8.29. The quantitative estimate of drug-likeness (QED) is 0.758. The predicted octanol–water partition coefficient (Wildman–Crippen LogP) is 1.13. The van der Waals surface area contributed by atoms with Gasteiger partial charge in [-0.3, -0.25) is 4.79 Å². The van der Waals surface area contributed by atoms with Crippen molar-refractivity contribution >= 4 is 5.91 Å². The van der Waals surface area contributed by atoms with Gasteiger partial charge in [0.15, 0.2) is 12.1 Å². The van der Waals surface area contributed by atoms with E-state index in [2.05, 4.69) is 10.3 Å². The van der Waals surface area contributed by atoms with Crippen molar-refractivity contribution in [2.45, 2.75) is 32.2 Å². The minimum Gasteiger partial charge on any atom is -0.448 e. The third kappa shape index (κ3) is 1.71. The van der Waals surface area contributed by atoms with E-state index < -0.39 is 0 Å². The standard InChI is InChI=1S/C9H12N2O2/c1-2-7-8(10-5-13-7)9(12)11-6-3-4-6/h5-6H,2-4H2,1H3,(H,11,12). The van der Waals surface area contributed by atoms with Crippen LogP contribution >= 0.6 is 0 Å². The van der Waals surface area contributed by atoms with Crippen molar-refractivity contribution in [3.63, 3.8) is 0 Å². The summed E-state index contributed by atoms with van der Waals surface area (Å²) < 4.78 is 5.06. The SMILES string of the molecule is CCc1ocnc1C(=O)NC1CC1. The number of nitrogens with zero attached hydrogens (tertiary/aromatic N) is 1. The van der Waals surface area contributed by atoms with E-state index in [1.54, 1.807) is 0 Å². The summed E-state index contributed by atoms with van der Waals surface area (Å²) in [4.78, 5) is 15.4. The molecule has 4 nitrogen and oxygen atoms in total. The number of aryl methyl sites for hydroxylation is 1. The molecular formula is C9H12N2O2. The van der Waals surface area contributed by atoms with Crippen LogP contribution in [0, 0.1) is 0 Å². The summed E-state index contributed by atoms with van der Waals surface area (Å²) in [6, 6.07) is 0.369. The van der Waals surface area contributed by atoms with E-state index in [9.17, 15) is 4.79 Å². The molecule has 0 spiro atoms. The topological polar surface area (TPSA) is 55.1 Å². The number of hydrogen-bond donors (Lipinski definition) is 1. The summed E-state index contributed by atoms with van der Waals surface area (Å²) in [5.41, 5.74) is 0.439. The first-order valence-electron chi connectivity index (χ1n) is 4.54. The highest BCUT2D eigenvalue weighted by molar-refractivity contribution is 5.93. The molecule has 1 fully saturated rings. The molecular weight excluding hydrogens is 168 g/mol. The van der Waals surface area contributed by atoms with E-state index >= 15 is 0 Å². The number of amides is 1. The molecule has 70 valence electrons. The fourth-order valence-corrected chi connectivity index (χ4v) is 1.19. The van der Waals surface area contributed by atoms with Gasteiger partial charge in [-0.15, -0.1) is 0 Å². The van der Waals surface area contributed by atoms with E-state index in [0.29, 0.717) is 23.9 Å². The molecule has 1 aromatic heterocycles. The van der Waals surface area contributed by atoms with Gasteiger partial charge in [-0.05, 0) is 12.8 Å². The molecule has 1 aliphatic carbocycles. The van der Waals surface area contributed by atoms with Gasteiger partial charge < -0.3 is 9.73 Å². The molecule has 0 aliphatic heterocycles. The van der Waals surface area contributed by atoms with Gasteiger partial charge in [-0.1, -0.05) is 6.92 Å². The van der Waals surface area contributed by atoms with Crippen molar-refractivity contribution in [1.29, 1.82) is 0 Å². The van der Waals surface area contributed by atoms with Gasteiger partial charge in [0, 0.05) is 12.5 Å². The Kier molecular flexibility index (Phi) is 2.04. The molecule has 0 aromatic carbocycles. The maximum atomic E-state index is 11.5. The second-order valence-corrected chi connectivity index (χ2v) is 3.23. The zero-order chi connectivity index (χ0) is 9.26. The van der Waals surface area contributed by atoms with Crippen molar-refractivity contribution < 1.29 is 9.21 Å². The minimum absolute atomic E-state index is 0.104. The monoisotopic (exact) mass is 180 g/mol. The number of carbonyl (C=O) groups is 1. The van der Waals surface area contributed by atoms with Gasteiger partial charge in [0.1, 0.15) is 5.76 Å².